The van der Waals surface area contributed by atoms with E-state index in [0.29, 0.717) is 24.3 Å². The van der Waals surface area contributed by atoms with Crippen molar-refractivity contribution in [3.8, 4) is 11.5 Å². The average molecular weight is 629 g/mol. The fraction of sp³-hybridized carbons (Fsp3) is 0.278. The molecule has 4 N–H and O–H groups in total. The van der Waals surface area contributed by atoms with E-state index in [-0.39, 0.29) is 39.3 Å². The topological polar surface area (TPSA) is 136 Å². The number of aliphatic hydroxyl groups excluding tert-OH is 2. The molecule has 0 radical (unpaired) electrons. The van der Waals surface area contributed by atoms with Crippen molar-refractivity contribution in [1.29, 1.82) is 0 Å². The molecule has 10 nitrogen and oxygen atoms in total. The molecule has 242 valence electrons. The number of aliphatic hydroxyl groups is 2. The third kappa shape index (κ3) is 12.9. The minimum atomic E-state index is -0.979. The lowest BCUT2D eigenvalue weighted by molar-refractivity contribution is -0.149. The van der Waals surface area contributed by atoms with E-state index in [2.05, 4.69) is 10.6 Å². The summed E-state index contributed by atoms with van der Waals surface area (Å²) in [6.45, 7) is -0.438. The Balaban J connectivity index is 0.994. The molecule has 0 aliphatic carbocycles. The normalized spacial score (nSPS) is 12.0. The fourth-order valence-electron chi connectivity index (χ4n) is 4.19. The van der Waals surface area contributed by atoms with Gasteiger partial charge in [0.2, 0.25) is 0 Å². The van der Waals surface area contributed by atoms with Crippen molar-refractivity contribution in [3.63, 3.8) is 0 Å². The van der Waals surface area contributed by atoms with Gasteiger partial charge in [-0.05, 0) is 85.6 Å². The van der Waals surface area contributed by atoms with Crippen LogP contribution >= 0.6 is 0 Å². The van der Waals surface area contributed by atoms with Crippen LogP contribution in [0.2, 0.25) is 0 Å². The Morgan fingerprint density at radius 1 is 0.500 bits per heavy atom. The first kappa shape index (κ1) is 33.8. The van der Waals surface area contributed by atoms with Crippen LogP contribution in [0.5, 0.6) is 11.5 Å². The van der Waals surface area contributed by atoms with Gasteiger partial charge in [0.1, 0.15) is 50.1 Å². The van der Waals surface area contributed by atoms with Crippen molar-refractivity contribution in [2.45, 2.75) is 37.9 Å². The predicted octanol–water partition coefficient (Wildman–Crippen LogP) is 6.00. The minimum absolute atomic E-state index is 0.0278. The maximum absolute atomic E-state index is 12.0. The number of rotatable bonds is 19. The van der Waals surface area contributed by atoms with Crippen LogP contribution in [0, 0.1) is 0 Å². The Hall–Kier alpha value is -5.06. The number of carbonyl (C=O) groups excluding carboxylic acids is 2. The van der Waals surface area contributed by atoms with Gasteiger partial charge in [0.25, 0.3) is 0 Å². The third-order valence-corrected chi connectivity index (χ3v) is 6.60. The van der Waals surface area contributed by atoms with E-state index >= 15 is 0 Å². The lowest BCUT2D eigenvalue weighted by atomic mass is 10.2. The van der Waals surface area contributed by atoms with E-state index in [4.69, 9.17) is 18.9 Å². The lowest BCUT2D eigenvalue weighted by Crippen LogP contribution is -2.25. The number of carbonyl (C=O) groups is 2. The number of esters is 2. The number of benzene rings is 4. The fourth-order valence-corrected chi connectivity index (χ4v) is 4.19. The molecule has 0 saturated carbocycles. The van der Waals surface area contributed by atoms with Crippen LogP contribution in [-0.4, -0.2) is 60.8 Å². The van der Waals surface area contributed by atoms with Gasteiger partial charge in [0, 0.05) is 35.6 Å². The Bertz CT molecular complexity index is 1340. The van der Waals surface area contributed by atoms with Crippen molar-refractivity contribution in [2.75, 3.05) is 37.1 Å². The van der Waals surface area contributed by atoms with Crippen LogP contribution in [-0.2, 0) is 19.1 Å². The van der Waals surface area contributed by atoms with Gasteiger partial charge in [-0.2, -0.15) is 0 Å². The molecule has 0 heterocycles. The third-order valence-electron chi connectivity index (χ3n) is 6.60. The quantitative estimate of drug-likeness (QED) is 0.0723. The van der Waals surface area contributed by atoms with E-state index in [1.807, 2.05) is 84.9 Å². The van der Waals surface area contributed by atoms with E-state index in [9.17, 15) is 19.8 Å². The van der Waals surface area contributed by atoms with Gasteiger partial charge in [-0.15, -0.1) is 0 Å². The van der Waals surface area contributed by atoms with Gasteiger partial charge >= 0.3 is 11.9 Å². The first-order valence-corrected chi connectivity index (χ1v) is 15.2. The second-order valence-electron chi connectivity index (χ2n) is 10.5. The van der Waals surface area contributed by atoms with Crippen LogP contribution in [0.3, 0.4) is 0 Å². The Morgan fingerprint density at radius 3 is 1.22 bits per heavy atom. The van der Waals surface area contributed by atoms with Crippen LogP contribution in [0.25, 0.3) is 0 Å². The molecule has 10 heteroatoms. The molecule has 0 amide bonds. The zero-order valence-corrected chi connectivity index (χ0v) is 25.5. The summed E-state index contributed by atoms with van der Waals surface area (Å²) in [5, 5.41) is 26.8. The first-order valence-electron chi connectivity index (χ1n) is 15.2. The van der Waals surface area contributed by atoms with Gasteiger partial charge in [0.15, 0.2) is 0 Å². The largest absolute Gasteiger partial charge is 0.491 e. The van der Waals surface area contributed by atoms with Crippen molar-refractivity contribution in [3.05, 3.63) is 109 Å². The molecule has 0 aromatic heterocycles. The second-order valence-corrected chi connectivity index (χ2v) is 10.5. The monoisotopic (exact) mass is 628 g/mol. The van der Waals surface area contributed by atoms with E-state index < -0.39 is 24.1 Å². The number of para-hydroxylation sites is 2. The zero-order chi connectivity index (χ0) is 32.4. The number of ether oxygens (including phenoxy) is 4. The molecular formula is C36H40N2O8. The maximum Gasteiger partial charge on any atom is 0.305 e. The van der Waals surface area contributed by atoms with Crippen molar-refractivity contribution < 1.29 is 38.7 Å². The number of hydrogen-bond acceptors (Lipinski definition) is 10. The lowest BCUT2D eigenvalue weighted by Gasteiger charge is -2.14. The van der Waals surface area contributed by atoms with Crippen LogP contribution in [0.15, 0.2) is 109 Å². The number of hydrogen-bond donors (Lipinski definition) is 4. The second kappa shape index (κ2) is 18.7. The highest BCUT2D eigenvalue weighted by Crippen LogP contribution is 2.21. The smallest absolute Gasteiger partial charge is 0.305 e. The maximum atomic E-state index is 12.0. The Morgan fingerprint density at radius 2 is 0.848 bits per heavy atom. The number of unbranched alkanes of at least 4 members (excludes halogenated alkanes) is 1. The minimum Gasteiger partial charge on any atom is -0.491 e. The summed E-state index contributed by atoms with van der Waals surface area (Å²) in [5.41, 5.74) is 3.75. The van der Waals surface area contributed by atoms with Crippen molar-refractivity contribution >= 4 is 34.7 Å². The summed E-state index contributed by atoms with van der Waals surface area (Å²) < 4.78 is 21.4. The predicted molar refractivity (Wildman–Crippen MR) is 176 cm³/mol. The molecule has 4 rings (SSSR count). The highest BCUT2D eigenvalue weighted by molar-refractivity contribution is 5.70. The van der Waals surface area contributed by atoms with E-state index in [1.54, 1.807) is 24.3 Å². The summed E-state index contributed by atoms with van der Waals surface area (Å²) in [5.74, 6) is 0.219. The Labute approximate surface area is 268 Å². The van der Waals surface area contributed by atoms with Crippen LogP contribution < -0.4 is 20.1 Å². The molecule has 2 atom stereocenters. The summed E-state index contributed by atoms with van der Waals surface area (Å²) in [6.07, 6.45) is -0.908. The van der Waals surface area contributed by atoms with E-state index in [0.717, 1.165) is 22.7 Å². The molecule has 0 fully saturated rings. The molecule has 4 aromatic rings. The SMILES string of the molecule is O=C(CCCCC(=O)OCC(O)COc1ccc(Nc2ccccc2)cc1)OCC(O)COc1ccc(Nc2ccccc2)cc1. The molecule has 0 aliphatic rings. The summed E-state index contributed by atoms with van der Waals surface area (Å²) >= 11 is 0. The molecule has 0 bridgehead atoms. The van der Waals surface area contributed by atoms with Crippen molar-refractivity contribution in [2.24, 2.45) is 0 Å². The van der Waals surface area contributed by atoms with Crippen LogP contribution in [0.1, 0.15) is 25.7 Å². The molecule has 2 unspecified atom stereocenters. The van der Waals surface area contributed by atoms with Gasteiger partial charge in [0.05, 0.1) is 0 Å². The van der Waals surface area contributed by atoms with Gasteiger partial charge in [-0.25, -0.2) is 0 Å². The van der Waals surface area contributed by atoms with Gasteiger partial charge < -0.3 is 39.8 Å². The molecule has 0 spiro atoms. The zero-order valence-electron chi connectivity index (χ0n) is 25.5. The number of anilines is 4. The van der Waals surface area contributed by atoms with Crippen molar-refractivity contribution in [1.82, 2.24) is 0 Å². The molecule has 4 aromatic carbocycles. The standard InChI is InChI=1S/C36H40N2O8/c39-31(23-43-33-19-15-29(16-20-33)37-27-9-3-1-4-10-27)25-45-35(41)13-7-8-14-36(42)46-26-32(40)24-44-34-21-17-30(18-22-34)38-28-11-5-2-6-12-28/h1-6,9-12,15-22,31-32,37-40H,7-8,13-14,23-26H2. The highest BCUT2D eigenvalue weighted by atomic mass is 16.6. The van der Waals surface area contributed by atoms with E-state index in [1.165, 1.54) is 0 Å². The molecule has 46 heavy (non-hydrogen) atoms. The molecule has 0 saturated heterocycles. The van der Waals surface area contributed by atoms with Gasteiger partial charge in [-0.1, -0.05) is 36.4 Å². The average Bonchev–Trinajstić information content (AvgIpc) is 3.08. The number of nitrogens with one attached hydrogen (secondary N) is 2. The summed E-state index contributed by atoms with van der Waals surface area (Å²) in [6, 6.07) is 34.2. The summed E-state index contributed by atoms with van der Waals surface area (Å²) in [4.78, 5) is 24.0. The molecule has 0 aliphatic heterocycles. The first-order chi connectivity index (χ1) is 22.4. The summed E-state index contributed by atoms with van der Waals surface area (Å²) in [7, 11) is 0. The highest BCUT2D eigenvalue weighted by Gasteiger charge is 2.13. The molecular weight excluding hydrogens is 588 g/mol. The van der Waals surface area contributed by atoms with Gasteiger partial charge in [-0.3, -0.25) is 9.59 Å². The van der Waals surface area contributed by atoms with Crippen LogP contribution in [0.4, 0.5) is 22.7 Å². The Kier molecular flexibility index (Phi) is 13.7.